The molecule has 0 aliphatic carbocycles. The predicted molar refractivity (Wildman–Crippen MR) is 110 cm³/mol. The van der Waals surface area contributed by atoms with Gasteiger partial charge in [0.1, 0.15) is 29.0 Å². The van der Waals surface area contributed by atoms with E-state index in [-0.39, 0.29) is 5.91 Å². The van der Waals surface area contributed by atoms with Gasteiger partial charge in [0.05, 0.1) is 4.91 Å². The summed E-state index contributed by atoms with van der Waals surface area (Å²) in [6.45, 7) is 2.70. The number of benzene rings is 2. The maximum absolute atomic E-state index is 11.8. The third-order valence-electron chi connectivity index (χ3n) is 3.59. The summed E-state index contributed by atoms with van der Waals surface area (Å²) >= 11 is 12.3. The molecule has 2 aromatic carbocycles. The van der Waals surface area contributed by atoms with E-state index in [1.807, 2.05) is 49.4 Å². The molecule has 0 radical (unpaired) electrons. The van der Waals surface area contributed by atoms with Gasteiger partial charge in [0, 0.05) is 10.6 Å². The summed E-state index contributed by atoms with van der Waals surface area (Å²) in [5.74, 6) is 1.25. The summed E-state index contributed by atoms with van der Waals surface area (Å²) in [6, 6.07) is 13.0. The minimum Gasteiger partial charge on any atom is -0.490 e. The maximum atomic E-state index is 11.8. The molecule has 1 aliphatic heterocycles. The summed E-state index contributed by atoms with van der Waals surface area (Å²) in [4.78, 5) is 12.4. The molecule has 0 atom stereocenters. The first-order valence-electron chi connectivity index (χ1n) is 7.88. The van der Waals surface area contributed by atoms with Crippen LogP contribution in [0.15, 0.2) is 47.4 Å². The highest BCUT2D eigenvalue weighted by Crippen LogP contribution is 2.29. The molecule has 0 saturated carbocycles. The molecule has 1 N–H and O–H groups in total. The molecule has 0 unspecified atom stereocenters. The largest absolute Gasteiger partial charge is 0.490 e. The van der Waals surface area contributed by atoms with E-state index in [0.717, 1.165) is 16.9 Å². The molecular formula is C19H16ClNO3S2. The Labute approximate surface area is 166 Å². The zero-order valence-corrected chi connectivity index (χ0v) is 16.3. The Hall–Kier alpha value is -2.02. The third kappa shape index (κ3) is 4.78. The van der Waals surface area contributed by atoms with Crippen LogP contribution < -0.4 is 14.8 Å². The summed E-state index contributed by atoms with van der Waals surface area (Å²) < 4.78 is 12.0. The molecule has 26 heavy (non-hydrogen) atoms. The van der Waals surface area contributed by atoms with Crippen molar-refractivity contribution in [1.29, 1.82) is 0 Å². The lowest BCUT2D eigenvalue weighted by Gasteiger charge is -2.11. The van der Waals surface area contributed by atoms with E-state index in [1.54, 1.807) is 6.08 Å². The van der Waals surface area contributed by atoms with Gasteiger partial charge in [-0.3, -0.25) is 4.79 Å². The molecule has 1 fully saturated rings. The van der Waals surface area contributed by atoms with Gasteiger partial charge in [0.25, 0.3) is 5.91 Å². The molecule has 4 nitrogen and oxygen atoms in total. The highest BCUT2D eigenvalue weighted by molar-refractivity contribution is 8.26. The molecule has 0 aromatic heterocycles. The minimum absolute atomic E-state index is 0.184. The molecule has 134 valence electrons. The number of para-hydroxylation sites is 1. The van der Waals surface area contributed by atoms with E-state index < -0.39 is 0 Å². The van der Waals surface area contributed by atoms with Crippen molar-refractivity contribution in [2.75, 3.05) is 13.2 Å². The lowest BCUT2D eigenvalue weighted by atomic mass is 10.2. The van der Waals surface area contributed by atoms with Crippen LogP contribution in [0.2, 0.25) is 5.02 Å². The Morgan fingerprint density at radius 3 is 2.69 bits per heavy atom. The van der Waals surface area contributed by atoms with Gasteiger partial charge in [-0.15, -0.1) is 0 Å². The van der Waals surface area contributed by atoms with Crippen LogP contribution in [-0.2, 0) is 4.79 Å². The molecule has 0 bridgehead atoms. The van der Waals surface area contributed by atoms with E-state index in [0.29, 0.717) is 33.2 Å². The number of carbonyl (C=O) groups is 1. The Bertz CT molecular complexity index is 883. The molecule has 3 rings (SSSR count). The van der Waals surface area contributed by atoms with Crippen molar-refractivity contribution >= 4 is 51.9 Å². The summed E-state index contributed by atoms with van der Waals surface area (Å²) in [5.41, 5.74) is 1.78. The Morgan fingerprint density at radius 1 is 1.19 bits per heavy atom. The first kappa shape index (κ1) is 18.8. The fourth-order valence-electron chi connectivity index (χ4n) is 2.31. The molecular weight excluding hydrogens is 390 g/mol. The molecule has 7 heteroatoms. The molecule has 1 amide bonds. The first-order valence-corrected chi connectivity index (χ1v) is 9.49. The number of hydrogen-bond acceptors (Lipinski definition) is 5. The smallest absolute Gasteiger partial charge is 0.263 e. The zero-order chi connectivity index (χ0) is 18.5. The van der Waals surface area contributed by atoms with Crippen molar-refractivity contribution in [3.63, 3.8) is 0 Å². The minimum atomic E-state index is -0.184. The van der Waals surface area contributed by atoms with Crippen LogP contribution in [-0.4, -0.2) is 23.4 Å². The topological polar surface area (TPSA) is 47.6 Å². The maximum Gasteiger partial charge on any atom is 0.263 e. The number of thioether (sulfide) groups is 1. The highest BCUT2D eigenvalue weighted by Gasteiger charge is 2.22. The van der Waals surface area contributed by atoms with Crippen LogP contribution in [0.3, 0.4) is 0 Å². The van der Waals surface area contributed by atoms with Crippen molar-refractivity contribution in [3.05, 3.63) is 63.5 Å². The Morgan fingerprint density at radius 2 is 1.96 bits per heavy atom. The van der Waals surface area contributed by atoms with Crippen molar-refractivity contribution in [3.8, 4) is 11.5 Å². The standard InChI is InChI=1S/C19H16ClNO3S2/c1-12-10-14(6-7-15(12)20)23-8-9-24-16-5-3-2-4-13(16)11-17-18(22)21-19(25)26-17/h2-7,10-11H,8-9H2,1H3,(H,21,22,25)/b17-11-. The highest BCUT2D eigenvalue weighted by atomic mass is 35.5. The molecule has 2 aromatic rings. The Kier molecular flexibility index (Phi) is 6.19. The monoisotopic (exact) mass is 405 g/mol. The van der Waals surface area contributed by atoms with Crippen LogP contribution in [0.5, 0.6) is 11.5 Å². The lowest BCUT2D eigenvalue weighted by molar-refractivity contribution is -0.115. The molecule has 0 spiro atoms. The second-order valence-corrected chi connectivity index (χ2v) is 7.62. The fourth-order valence-corrected chi connectivity index (χ4v) is 3.46. The van der Waals surface area contributed by atoms with Gasteiger partial charge in [-0.25, -0.2) is 0 Å². The average Bonchev–Trinajstić information content (AvgIpc) is 2.93. The predicted octanol–water partition coefficient (Wildman–Crippen LogP) is 4.60. The van der Waals surface area contributed by atoms with Crippen LogP contribution in [0.25, 0.3) is 6.08 Å². The van der Waals surface area contributed by atoms with Crippen molar-refractivity contribution in [2.24, 2.45) is 0 Å². The first-order chi connectivity index (χ1) is 12.5. The van der Waals surface area contributed by atoms with E-state index >= 15 is 0 Å². The van der Waals surface area contributed by atoms with Crippen molar-refractivity contribution in [2.45, 2.75) is 6.92 Å². The van der Waals surface area contributed by atoms with Crippen LogP contribution in [0.4, 0.5) is 0 Å². The lowest BCUT2D eigenvalue weighted by Crippen LogP contribution is -2.17. The normalized spacial score (nSPS) is 15.2. The number of hydrogen-bond donors (Lipinski definition) is 1. The van der Waals surface area contributed by atoms with Crippen LogP contribution >= 0.6 is 35.6 Å². The van der Waals surface area contributed by atoms with Gasteiger partial charge in [0.15, 0.2) is 0 Å². The number of thiocarbonyl (C=S) groups is 1. The Balaban J connectivity index is 1.60. The average molecular weight is 406 g/mol. The van der Waals surface area contributed by atoms with Crippen LogP contribution in [0.1, 0.15) is 11.1 Å². The second-order valence-electron chi connectivity index (χ2n) is 5.50. The fraction of sp³-hybridized carbons (Fsp3) is 0.158. The SMILES string of the molecule is Cc1cc(OCCOc2ccccc2/C=C2\SC(=S)NC2=O)ccc1Cl. The molecule has 1 aliphatic rings. The van der Waals surface area contributed by atoms with E-state index in [2.05, 4.69) is 5.32 Å². The van der Waals surface area contributed by atoms with Gasteiger partial charge in [0.2, 0.25) is 0 Å². The van der Waals surface area contributed by atoms with Gasteiger partial charge >= 0.3 is 0 Å². The summed E-state index contributed by atoms with van der Waals surface area (Å²) in [7, 11) is 0. The molecule has 1 heterocycles. The summed E-state index contributed by atoms with van der Waals surface area (Å²) in [5, 5.41) is 3.31. The number of amides is 1. The third-order valence-corrected chi connectivity index (χ3v) is 5.17. The number of ether oxygens (including phenoxy) is 2. The van der Waals surface area contributed by atoms with E-state index in [1.165, 1.54) is 11.8 Å². The van der Waals surface area contributed by atoms with Crippen LogP contribution in [0, 0.1) is 6.92 Å². The van der Waals surface area contributed by atoms with Crippen molar-refractivity contribution in [1.82, 2.24) is 5.32 Å². The number of nitrogens with one attached hydrogen (secondary N) is 1. The quantitative estimate of drug-likeness (QED) is 0.432. The number of halogens is 1. The van der Waals surface area contributed by atoms with Gasteiger partial charge in [-0.2, -0.15) is 0 Å². The van der Waals surface area contributed by atoms with Crippen molar-refractivity contribution < 1.29 is 14.3 Å². The number of rotatable bonds is 6. The number of aryl methyl sites for hydroxylation is 1. The van der Waals surface area contributed by atoms with Gasteiger partial charge < -0.3 is 14.8 Å². The van der Waals surface area contributed by atoms with E-state index in [9.17, 15) is 4.79 Å². The zero-order valence-electron chi connectivity index (χ0n) is 14.0. The molecule has 1 saturated heterocycles. The van der Waals surface area contributed by atoms with E-state index in [4.69, 9.17) is 33.3 Å². The second kappa shape index (κ2) is 8.58. The van der Waals surface area contributed by atoms with Gasteiger partial charge in [-0.1, -0.05) is 53.8 Å². The number of carbonyl (C=O) groups excluding carboxylic acids is 1. The van der Waals surface area contributed by atoms with Gasteiger partial charge in [-0.05, 0) is 42.8 Å². The summed E-state index contributed by atoms with van der Waals surface area (Å²) in [6.07, 6.45) is 1.78.